The molecular weight excluding hydrogens is 644 g/mol. The van der Waals surface area contributed by atoms with E-state index < -0.39 is 63.1 Å². The van der Waals surface area contributed by atoms with E-state index in [1.54, 1.807) is 0 Å². The number of carboxylic acid groups (broad SMARTS) is 1. The maximum atomic E-state index is 13.9. The van der Waals surface area contributed by atoms with Crippen LogP contribution in [0.3, 0.4) is 0 Å². The fourth-order valence-electron chi connectivity index (χ4n) is 5.38. The van der Waals surface area contributed by atoms with Gasteiger partial charge in [0.25, 0.3) is 10.0 Å². The lowest BCUT2D eigenvalue weighted by Gasteiger charge is -2.36. The molecule has 1 unspecified atom stereocenters. The number of benzene rings is 2. The summed E-state index contributed by atoms with van der Waals surface area (Å²) in [5, 5.41) is 9.19. The Balaban J connectivity index is 1.46. The highest BCUT2D eigenvalue weighted by Gasteiger charge is 2.38. The average Bonchev–Trinajstić information content (AvgIpc) is 3.02. The molecule has 3 heterocycles. The van der Waals surface area contributed by atoms with Gasteiger partial charge in [-0.2, -0.15) is 26.3 Å². The van der Waals surface area contributed by atoms with E-state index in [0.717, 1.165) is 34.6 Å². The third kappa shape index (κ3) is 7.06. The normalized spacial score (nSPS) is 17.7. The number of anilines is 1. The zero-order valence-corrected chi connectivity index (χ0v) is 24.7. The first-order chi connectivity index (χ1) is 21.5. The largest absolute Gasteiger partial charge is 0.486 e. The van der Waals surface area contributed by atoms with Crippen LogP contribution in [0.15, 0.2) is 65.6 Å². The van der Waals surface area contributed by atoms with Crippen LogP contribution in [0.2, 0.25) is 0 Å². The predicted octanol–water partition coefficient (Wildman–Crippen LogP) is 5.85. The Hall–Kier alpha value is -4.34. The SMILES string of the molecule is O=C(O)C1CCN(C(=O)CCC2CN(S(=O)(=O)c3cccc(C(F)(F)F)c3)c3cc(-c4cccc(C(F)(F)F)n4)ccc3O2)CC1. The first kappa shape index (κ1) is 33.0. The number of halogens is 6. The van der Waals surface area contributed by atoms with Crippen molar-refractivity contribution in [1.29, 1.82) is 0 Å². The molecule has 0 saturated carbocycles. The summed E-state index contributed by atoms with van der Waals surface area (Å²) in [4.78, 5) is 28.6. The van der Waals surface area contributed by atoms with Crippen LogP contribution < -0.4 is 9.04 Å². The number of rotatable bonds is 7. The number of ether oxygens (including phenoxy) is 1. The van der Waals surface area contributed by atoms with Crippen LogP contribution >= 0.6 is 0 Å². The lowest BCUT2D eigenvalue weighted by atomic mass is 9.97. The Morgan fingerprint density at radius 3 is 2.28 bits per heavy atom. The number of sulfonamides is 1. The van der Waals surface area contributed by atoms with E-state index in [1.165, 1.54) is 29.2 Å². The summed E-state index contributed by atoms with van der Waals surface area (Å²) in [7, 11) is -4.69. The van der Waals surface area contributed by atoms with Gasteiger partial charge in [0.15, 0.2) is 0 Å². The number of hydrogen-bond donors (Lipinski definition) is 1. The number of alkyl halides is 6. The number of hydrogen-bond acceptors (Lipinski definition) is 6. The van der Waals surface area contributed by atoms with Crippen molar-refractivity contribution in [2.45, 2.75) is 49.0 Å². The molecule has 1 saturated heterocycles. The summed E-state index contributed by atoms with van der Waals surface area (Å²) in [6, 6.07) is 10.3. The lowest BCUT2D eigenvalue weighted by molar-refractivity contribution is -0.145. The minimum atomic E-state index is -4.83. The highest BCUT2D eigenvalue weighted by molar-refractivity contribution is 7.92. The van der Waals surface area contributed by atoms with Crippen molar-refractivity contribution in [1.82, 2.24) is 9.88 Å². The molecule has 16 heteroatoms. The van der Waals surface area contributed by atoms with E-state index >= 15 is 0 Å². The van der Waals surface area contributed by atoms with Gasteiger partial charge >= 0.3 is 18.3 Å². The number of carbonyl (C=O) groups is 2. The number of carboxylic acids is 1. The lowest BCUT2D eigenvalue weighted by Crippen LogP contribution is -2.44. The number of amides is 1. The van der Waals surface area contributed by atoms with Crippen LogP contribution in [-0.4, -0.2) is 61.0 Å². The first-order valence-corrected chi connectivity index (χ1v) is 15.5. The minimum Gasteiger partial charge on any atom is -0.486 e. The number of carbonyl (C=O) groups excluding carboxylic acids is 1. The molecule has 2 aliphatic rings. The molecular formula is C30H27F6N3O6S. The topological polar surface area (TPSA) is 117 Å². The van der Waals surface area contributed by atoms with E-state index in [-0.39, 0.29) is 54.5 Å². The van der Waals surface area contributed by atoms with E-state index in [4.69, 9.17) is 4.74 Å². The molecule has 0 aliphatic carbocycles. The summed E-state index contributed by atoms with van der Waals surface area (Å²) in [5.41, 5.74) is -2.54. The number of likely N-dealkylation sites (tertiary alicyclic amines) is 1. The Morgan fingerprint density at radius 2 is 1.63 bits per heavy atom. The third-order valence-corrected chi connectivity index (χ3v) is 9.63. The molecule has 9 nitrogen and oxygen atoms in total. The Bertz CT molecular complexity index is 1740. The van der Waals surface area contributed by atoms with Gasteiger partial charge in [-0.3, -0.25) is 13.9 Å². The monoisotopic (exact) mass is 671 g/mol. The minimum absolute atomic E-state index is 0.0164. The molecule has 246 valence electrons. The molecule has 1 fully saturated rings. The van der Waals surface area contributed by atoms with Crippen LogP contribution in [0.25, 0.3) is 11.3 Å². The molecule has 2 aliphatic heterocycles. The van der Waals surface area contributed by atoms with Gasteiger partial charge in [0.1, 0.15) is 17.5 Å². The molecule has 46 heavy (non-hydrogen) atoms. The summed E-state index contributed by atoms with van der Waals surface area (Å²) in [6.45, 7) is 0.0680. The highest BCUT2D eigenvalue weighted by Crippen LogP contribution is 2.41. The second-order valence-electron chi connectivity index (χ2n) is 10.9. The average molecular weight is 672 g/mol. The molecule has 0 spiro atoms. The smallest absolute Gasteiger partial charge is 0.433 e. The Kier molecular flexibility index (Phi) is 8.94. The fraction of sp³-hybridized carbons (Fsp3) is 0.367. The van der Waals surface area contributed by atoms with Crippen molar-refractivity contribution < 1.29 is 54.2 Å². The van der Waals surface area contributed by atoms with Crippen molar-refractivity contribution in [2.24, 2.45) is 5.92 Å². The van der Waals surface area contributed by atoms with Gasteiger partial charge in [-0.05, 0) is 67.8 Å². The van der Waals surface area contributed by atoms with Crippen molar-refractivity contribution in [3.05, 3.63) is 71.9 Å². The highest BCUT2D eigenvalue weighted by atomic mass is 32.2. The third-order valence-electron chi connectivity index (χ3n) is 7.85. The van der Waals surface area contributed by atoms with Crippen LogP contribution in [-0.2, 0) is 32.0 Å². The van der Waals surface area contributed by atoms with Gasteiger partial charge in [0.05, 0.1) is 34.3 Å². The molecule has 0 bridgehead atoms. The number of pyridine rings is 1. The van der Waals surface area contributed by atoms with Crippen LogP contribution in [0.5, 0.6) is 5.75 Å². The summed E-state index contributed by atoms with van der Waals surface area (Å²) < 4.78 is 115. The number of nitrogens with zero attached hydrogens (tertiary/aromatic N) is 3. The fourth-order valence-corrected chi connectivity index (χ4v) is 6.93. The zero-order chi connectivity index (χ0) is 33.4. The van der Waals surface area contributed by atoms with Gasteiger partial charge in [-0.25, -0.2) is 13.4 Å². The summed E-state index contributed by atoms with van der Waals surface area (Å²) in [5.74, 6) is -1.79. The van der Waals surface area contributed by atoms with Gasteiger partial charge in [-0.1, -0.05) is 12.1 Å². The number of aliphatic carboxylic acids is 1. The van der Waals surface area contributed by atoms with Gasteiger partial charge in [-0.15, -0.1) is 0 Å². The number of piperidine rings is 1. The summed E-state index contributed by atoms with van der Waals surface area (Å²) in [6.07, 6.45) is -9.99. The Labute approximate surface area is 259 Å². The van der Waals surface area contributed by atoms with Crippen LogP contribution in [0.1, 0.15) is 36.9 Å². The maximum Gasteiger partial charge on any atom is 0.433 e. The summed E-state index contributed by atoms with van der Waals surface area (Å²) >= 11 is 0. The second-order valence-corrected chi connectivity index (χ2v) is 12.8. The number of aromatic nitrogens is 1. The van der Waals surface area contributed by atoms with E-state index in [0.29, 0.717) is 18.9 Å². The zero-order valence-electron chi connectivity index (χ0n) is 23.9. The Morgan fingerprint density at radius 1 is 0.935 bits per heavy atom. The van der Waals surface area contributed by atoms with Crippen molar-refractivity contribution in [3.8, 4) is 17.0 Å². The van der Waals surface area contributed by atoms with E-state index in [2.05, 4.69) is 4.98 Å². The van der Waals surface area contributed by atoms with Crippen LogP contribution in [0, 0.1) is 5.92 Å². The quantitative estimate of drug-likeness (QED) is 0.314. The molecule has 1 atom stereocenters. The predicted molar refractivity (Wildman–Crippen MR) is 151 cm³/mol. The molecule has 1 N–H and O–H groups in total. The van der Waals surface area contributed by atoms with Crippen LogP contribution in [0.4, 0.5) is 32.0 Å². The van der Waals surface area contributed by atoms with Crippen molar-refractivity contribution in [2.75, 3.05) is 23.9 Å². The molecule has 1 aromatic heterocycles. The standard InChI is InChI=1S/C30H27F6N3O6S/c31-29(32,33)20-3-1-4-22(16-20)46(43,44)39-17-21(8-10-27(40)38-13-11-18(12-14-38)28(41)42)45-25-9-7-19(15-24(25)39)23-5-2-6-26(37-23)30(34,35)36/h1-7,9,15-16,18,21H,8,10-14,17H2,(H,41,42). The molecule has 3 aromatic rings. The molecule has 0 radical (unpaired) electrons. The van der Waals surface area contributed by atoms with Crippen molar-refractivity contribution in [3.63, 3.8) is 0 Å². The van der Waals surface area contributed by atoms with Gasteiger partial charge in [0.2, 0.25) is 5.91 Å². The second kappa shape index (κ2) is 12.5. The molecule has 5 rings (SSSR count). The van der Waals surface area contributed by atoms with Gasteiger partial charge in [0, 0.05) is 25.1 Å². The molecule has 2 aromatic carbocycles. The van der Waals surface area contributed by atoms with Gasteiger partial charge < -0.3 is 14.7 Å². The number of fused-ring (bicyclic) bond motifs is 1. The van der Waals surface area contributed by atoms with Crippen molar-refractivity contribution >= 4 is 27.6 Å². The maximum absolute atomic E-state index is 13.9. The molecule has 1 amide bonds. The van der Waals surface area contributed by atoms with E-state index in [9.17, 15) is 49.5 Å². The first-order valence-electron chi connectivity index (χ1n) is 14.1. The van der Waals surface area contributed by atoms with E-state index in [1.807, 2.05) is 0 Å².